The minimum Gasteiger partial charge on any atom is -0.481 e. The number of aromatic nitrogens is 2. The molecule has 2 aromatic heterocycles. The van der Waals surface area contributed by atoms with Crippen LogP contribution in [0.15, 0.2) is 47.2 Å². The van der Waals surface area contributed by atoms with Gasteiger partial charge in [-0.15, -0.1) is 22.7 Å². The molecule has 268 valence electrons. The van der Waals surface area contributed by atoms with E-state index in [-0.39, 0.29) is 43.2 Å². The van der Waals surface area contributed by atoms with Gasteiger partial charge in [0.1, 0.15) is 27.2 Å². The normalized spacial score (nSPS) is 11.8. The predicted octanol–water partition coefficient (Wildman–Crippen LogP) is 10.9. The number of ketones is 2. The van der Waals surface area contributed by atoms with Gasteiger partial charge >= 0.3 is 11.9 Å². The van der Waals surface area contributed by atoms with Crippen molar-refractivity contribution in [3.05, 3.63) is 78.6 Å². The highest BCUT2D eigenvalue weighted by Gasteiger charge is 2.34. The van der Waals surface area contributed by atoms with E-state index in [1.54, 1.807) is 70.3 Å². The molecule has 4 aromatic rings. The maximum atomic E-state index is 12.7. The summed E-state index contributed by atoms with van der Waals surface area (Å²) >= 11 is 27.1. The second-order valence-corrected chi connectivity index (χ2v) is 16.8. The van der Waals surface area contributed by atoms with Crippen LogP contribution in [0, 0.1) is 0 Å². The number of carbonyl (C=O) groups is 4. The number of benzene rings is 2. The highest BCUT2D eigenvalue weighted by molar-refractivity contribution is 7.13. The Labute approximate surface area is 320 Å². The molecule has 0 amide bonds. The molecule has 0 spiro atoms. The zero-order valence-corrected chi connectivity index (χ0v) is 33.3. The van der Waals surface area contributed by atoms with E-state index in [0.29, 0.717) is 36.5 Å². The summed E-state index contributed by atoms with van der Waals surface area (Å²) in [5.41, 5.74) is 0.577. The fourth-order valence-electron chi connectivity index (χ4n) is 4.43. The number of carboxylic acids is 1. The van der Waals surface area contributed by atoms with Crippen LogP contribution in [0.4, 0.5) is 0 Å². The van der Waals surface area contributed by atoms with Gasteiger partial charge in [-0.25, -0.2) is 9.97 Å². The topological polar surface area (TPSA) is 124 Å². The second-order valence-electron chi connectivity index (χ2n) is 13.4. The summed E-state index contributed by atoms with van der Waals surface area (Å²) in [7, 11) is 0. The molecule has 2 aromatic carbocycles. The first-order valence-corrected chi connectivity index (χ1v) is 18.7. The monoisotopic (exact) mass is 798 g/mol. The Morgan fingerprint density at radius 3 is 1.42 bits per heavy atom. The first-order valence-electron chi connectivity index (χ1n) is 15.4. The van der Waals surface area contributed by atoms with Crippen molar-refractivity contribution in [2.24, 2.45) is 0 Å². The van der Waals surface area contributed by atoms with Crippen molar-refractivity contribution in [3.63, 3.8) is 0 Å². The van der Waals surface area contributed by atoms with Crippen LogP contribution in [0.1, 0.15) is 85.5 Å². The van der Waals surface area contributed by atoms with E-state index in [0.717, 1.165) is 16.1 Å². The smallest absolute Gasteiger partial charge is 0.306 e. The molecule has 0 bridgehead atoms. The molecule has 0 unspecified atom stereocenters. The van der Waals surface area contributed by atoms with E-state index in [1.807, 2.05) is 25.3 Å². The standard InChI is InChI=1S/C20H23Cl2NO3S.C16H15Cl2NO3S/c1-19(2,3)26-17(25)9-8-16(24)20(4,5)15-11-27-18(23-15)13-7-6-12(21)10-14(13)22;1-16(2,13(20)5-6-14(21)22)12-8-23-15(19-12)10-4-3-9(17)7-11(10)18/h6-7,10-11H,8-9H2,1-5H3;3-4,7-8H,5-6H2,1-2H3,(H,21,22). The summed E-state index contributed by atoms with van der Waals surface area (Å²) in [6.45, 7) is 12.5. The van der Waals surface area contributed by atoms with Crippen LogP contribution in [0.25, 0.3) is 21.1 Å². The molecule has 0 atom stereocenters. The van der Waals surface area contributed by atoms with Crippen molar-refractivity contribution in [2.45, 2.75) is 90.6 Å². The van der Waals surface area contributed by atoms with Crippen LogP contribution in [0.3, 0.4) is 0 Å². The average Bonchev–Trinajstić information content (AvgIpc) is 3.70. The van der Waals surface area contributed by atoms with E-state index >= 15 is 0 Å². The Morgan fingerprint density at radius 2 is 1.06 bits per heavy atom. The summed E-state index contributed by atoms with van der Waals surface area (Å²) in [6.07, 6.45) is -0.0326. The average molecular weight is 801 g/mol. The quantitative estimate of drug-likeness (QED) is 0.141. The summed E-state index contributed by atoms with van der Waals surface area (Å²) < 4.78 is 5.26. The number of aliphatic carboxylic acids is 1. The van der Waals surface area contributed by atoms with Crippen LogP contribution in [-0.4, -0.2) is 44.2 Å². The van der Waals surface area contributed by atoms with Gasteiger partial charge in [0.05, 0.1) is 45.1 Å². The Bertz CT molecular complexity index is 1880. The highest BCUT2D eigenvalue weighted by Crippen LogP contribution is 2.37. The van der Waals surface area contributed by atoms with Crippen LogP contribution in [0.2, 0.25) is 20.1 Å². The maximum Gasteiger partial charge on any atom is 0.306 e. The number of hydrogen-bond acceptors (Lipinski definition) is 9. The third kappa shape index (κ3) is 11.3. The van der Waals surface area contributed by atoms with Crippen LogP contribution < -0.4 is 0 Å². The molecule has 8 nitrogen and oxygen atoms in total. The van der Waals surface area contributed by atoms with Crippen LogP contribution in [-0.2, 0) is 34.7 Å². The Morgan fingerprint density at radius 1 is 0.660 bits per heavy atom. The lowest BCUT2D eigenvalue weighted by atomic mass is 9.83. The van der Waals surface area contributed by atoms with E-state index in [4.69, 9.17) is 56.2 Å². The van der Waals surface area contributed by atoms with E-state index in [1.165, 1.54) is 22.7 Å². The van der Waals surface area contributed by atoms with Gasteiger partial charge in [-0.2, -0.15) is 0 Å². The molecule has 0 saturated carbocycles. The number of hydrogen-bond donors (Lipinski definition) is 1. The number of carbonyl (C=O) groups excluding carboxylic acids is 3. The number of nitrogens with zero attached hydrogens (tertiary/aromatic N) is 2. The minimum atomic E-state index is -0.985. The molecule has 0 radical (unpaired) electrons. The molecule has 0 fully saturated rings. The summed E-state index contributed by atoms with van der Waals surface area (Å²) in [6, 6.07) is 10.4. The molecular weight excluding hydrogens is 762 g/mol. The minimum absolute atomic E-state index is 0.0170. The molecule has 1 N–H and O–H groups in total. The van der Waals surface area contributed by atoms with E-state index < -0.39 is 22.4 Å². The lowest BCUT2D eigenvalue weighted by molar-refractivity contribution is -0.155. The largest absolute Gasteiger partial charge is 0.481 e. The van der Waals surface area contributed by atoms with E-state index in [2.05, 4.69) is 9.97 Å². The third-order valence-corrected chi connectivity index (χ3v) is 10.4. The zero-order valence-electron chi connectivity index (χ0n) is 28.7. The van der Waals surface area contributed by atoms with Gasteiger partial charge in [-0.05, 0) is 84.9 Å². The van der Waals surface area contributed by atoms with Crippen molar-refractivity contribution < 1.29 is 29.0 Å². The molecule has 0 aliphatic rings. The Hall–Kier alpha value is -2.86. The first-order chi connectivity index (χ1) is 23.1. The molecule has 0 saturated heterocycles. The van der Waals surface area contributed by atoms with Crippen LogP contribution >= 0.6 is 69.1 Å². The maximum absolute atomic E-state index is 12.7. The van der Waals surface area contributed by atoms with Gasteiger partial charge in [0.2, 0.25) is 0 Å². The molecule has 0 aliphatic carbocycles. The third-order valence-electron chi connectivity index (χ3n) is 7.55. The van der Waals surface area contributed by atoms with Gasteiger partial charge in [0.25, 0.3) is 0 Å². The van der Waals surface area contributed by atoms with Gasteiger partial charge in [0, 0.05) is 44.8 Å². The van der Waals surface area contributed by atoms with Gasteiger partial charge < -0.3 is 9.84 Å². The number of thiazole rings is 2. The number of rotatable bonds is 12. The summed E-state index contributed by atoms with van der Waals surface area (Å²) in [5.74, 6) is -1.58. The number of Topliss-reactive ketones (excluding diaryl/α,β-unsaturated/α-hetero) is 2. The molecule has 14 heteroatoms. The summed E-state index contributed by atoms with van der Waals surface area (Å²) in [5, 5.41) is 15.9. The second kappa shape index (κ2) is 17.1. The molecule has 2 heterocycles. The fraction of sp³-hybridized carbons (Fsp3) is 0.389. The molecular formula is C36H38Cl4N2O6S2. The van der Waals surface area contributed by atoms with Crippen LogP contribution in [0.5, 0.6) is 0 Å². The van der Waals surface area contributed by atoms with Crippen molar-refractivity contribution >= 4 is 92.6 Å². The molecule has 50 heavy (non-hydrogen) atoms. The number of esters is 1. The Kier molecular flexibility index (Phi) is 14.2. The van der Waals surface area contributed by atoms with Crippen molar-refractivity contribution in [3.8, 4) is 21.1 Å². The lowest BCUT2D eigenvalue weighted by Crippen LogP contribution is -2.31. The number of ether oxygens (including phenoxy) is 1. The summed E-state index contributed by atoms with van der Waals surface area (Å²) in [4.78, 5) is 56.6. The number of carboxylic acid groups (broad SMARTS) is 1. The lowest BCUT2D eigenvalue weighted by Gasteiger charge is -2.22. The number of halogens is 4. The van der Waals surface area contributed by atoms with Crippen molar-refractivity contribution in [1.82, 2.24) is 9.97 Å². The van der Waals surface area contributed by atoms with Gasteiger partial charge in [-0.3, -0.25) is 19.2 Å². The first kappa shape index (κ1) is 41.6. The predicted molar refractivity (Wildman–Crippen MR) is 203 cm³/mol. The molecule has 4 rings (SSSR count). The highest BCUT2D eigenvalue weighted by atomic mass is 35.5. The van der Waals surface area contributed by atoms with Crippen molar-refractivity contribution in [1.29, 1.82) is 0 Å². The van der Waals surface area contributed by atoms with Gasteiger partial charge in [0.15, 0.2) is 0 Å². The molecule has 0 aliphatic heterocycles. The SMILES string of the molecule is CC(C)(C(=O)CCC(=O)O)c1csc(-c2ccc(Cl)cc2Cl)n1.CC(C)(C)OC(=O)CCC(=O)C(C)(C)c1csc(-c2ccc(Cl)cc2Cl)n1. The van der Waals surface area contributed by atoms with Crippen molar-refractivity contribution in [2.75, 3.05) is 0 Å². The van der Waals surface area contributed by atoms with Gasteiger partial charge in [-0.1, -0.05) is 46.4 Å². The van der Waals surface area contributed by atoms with E-state index in [9.17, 15) is 19.2 Å². The Balaban J connectivity index is 0.000000274. The fourth-order valence-corrected chi connectivity index (χ4v) is 7.60. The zero-order chi connectivity index (χ0) is 37.6.